The van der Waals surface area contributed by atoms with E-state index in [9.17, 15) is 18.0 Å². The lowest BCUT2D eigenvalue weighted by Gasteiger charge is -2.35. The number of anilines is 1. The Balaban J connectivity index is 2.44. The number of sulfonamides is 1. The molecule has 0 radical (unpaired) electrons. The van der Waals surface area contributed by atoms with E-state index in [1.807, 2.05) is 0 Å². The van der Waals surface area contributed by atoms with E-state index in [0.29, 0.717) is 25.7 Å². The minimum absolute atomic E-state index is 0.0344. The maximum Gasteiger partial charge on any atom is 0.411 e. The number of aldehydes is 1. The highest BCUT2D eigenvalue weighted by Gasteiger charge is 2.36. The molecule has 0 saturated carbocycles. The largest absolute Gasteiger partial charge is 0.444 e. The molecule has 27 heavy (non-hydrogen) atoms. The second-order valence-corrected chi connectivity index (χ2v) is 9.19. The molecule has 1 saturated heterocycles. The Hall–Kier alpha value is -1.82. The number of carbonyl (C=O) groups excluding carboxylic acids is 2. The van der Waals surface area contributed by atoms with Gasteiger partial charge in [-0.05, 0) is 45.7 Å². The first-order valence-electron chi connectivity index (χ1n) is 8.24. The lowest BCUT2D eigenvalue weighted by molar-refractivity contribution is 0.0223. The van der Waals surface area contributed by atoms with Crippen molar-refractivity contribution in [1.29, 1.82) is 0 Å². The van der Waals surface area contributed by atoms with Crippen LogP contribution in [-0.2, 0) is 14.8 Å². The Morgan fingerprint density at radius 1 is 1.41 bits per heavy atom. The van der Waals surface area contributed by atoms with Gasteiger partial charge in [-0.2, -0.15) is 0 Å². The molecular formula is C16H24N4O5S2. The van der Waals surface area contributed by atoms with Crippen LogP contribution in [0.3, 0.4) is 0 Å². The molecule has 4 N–H and O–H groups in total. The molecule has 1 heterocycles. The maximum atomic E-state index is 12.5. The number of thiol groups is 1. The predicted molar refractivity (Wildman–Crippen MR) is 103 cm³/mol. The van der Waals surface area contributed by atoms with Gasteiger partial charge >= 0.3 is 6.09 Å². The number of hydrogen-bond acceptors (Lipinski definition) is 8. The number of amides is 1. The van der Waals surface area contributed by atoms with Gasteiger partial charge in [0.05, 0.1) is 11.3 Å². The van der Waals surface area contributed by atoms with Crippen molar-refractivity contribution in [2.45, 2.75) is 55.2 Å². The summed E-state index contributed by atoms with van der Waals surface area (Å²) in [6, 6.07) is 2.85. The highest BCUT2D eigenvalue weighted by atomic mass is 32.2. The molecule has 1 atom stereocenters. The van der Waals surface area contributed by atoms with E-state index in [4.69, 9.17) is 15.7 Å². The second-order valence-electron chi connectivity index (χ2n) is 7.21. The van der Waals surface area contributed by atoms with Crippen molar-refractivity contribution in [2.75, 3.05) is 11.6 Å². The van der Waals surface area contributed by atoms with Crippen LogP contribution in [-0.4, -0.2) is 44.0 Å². The number of rotatable bonds is 4. The van der Waals surface area contributed by atoms with Gasteiger partial charge in [0.2, 0.25) is 10.0 Å². The molecule has 1 unspecified atom stereocenters. The molecule has 0 aromatic heterocycles. The highest BCUT2D eigenvalue weighted by molar-refractivity contribution is 7.90. The summed E-state index contributed by atoms with van der Waals surface area (Å²) < 4.78 is 29.2. The topological polar surface area (TPSA) is 136 Å². The third-order valence-electron chi connectivity index (χ3n) is 4.00. The standard InChI is InChI=1S/C16H24N4O5S2/c1-16(2,3)25-15(22)19-8-4-5-13(19)20(17)11-6-7-12(26)14(10(11)9-21)27(18,23)24/h6-7,9,13,26H,4-5,8,17H2,1-3H3,(H2,18,23,24). The Morgan fingerprint density at radius 3 is 2.56 bits per heavy atom. The van der Waals surface area contributed by atoms with Gasteiger partial charge < -0.3 is 4.74 Å². The second kappa shape index (κ2) is 7.66. The summed E-state index contributed by atoms with van der Waals surface area (Å²) in [4.78, 5) is 25.2. The van der Waals surface area contributed by atoms with Crippen LogP contribution >= 0.6 is 12.6 Å². The Kier molecular flexibility index (Phi) is 6.10. The first-order valence-corrected chi connectivity index (χ1v) is 10.2. The van der Waals surface area contributed by atoms with E-state index in [0.717, 1.165) is 0 Å². The average molecular weight is 417 g/mol. The normalized spacial score (nSPS) is 17.7. The van der Waals surface area contributed by atoms with E-state index in [1.54, 1.807) is 20.8 Å². The van der Waals surface area contributed by atoms with E-state index in [1.165, 1.54) is 22.0 Å². The van der Waals surface area contributed by atoms with Crippen molar-refractivity contribution in [1.82, 2.24) is 4.90 Å². The van der Waals surface area contributed by atoms with Gasteiger partial charge in [0, 0.05) is 11.4 Å². The number of hydrogen-bond donors (Lipinski definition) is 3. The van der Waals surface area contributed by atoms with Crippen molar-refractivity contribution in [2.24, 2.45) is 11.0 Å². The van der Waals surface area contributed by atoms with E-state index >= 15 is 0 Å². The molecule has 0 spiro atoms. The average Bonchev–Trinajstić information content (AvgIpc) is 3.00. The Morgan fingerprint density at radius 2 is 2.04 bits per heavy atom. The zero-order valence-electron chi connectivity index (χ0n) is 15.4. The molecule has 1 aliphatic heterocycles. The highest BCUT2D eigenvalue weighted by Crippen LogP contribution is 2.33. The van der Waals surface area contributed by atoms with Gasteiger partial charge in [0.15, 0.2) is 6.29 Å². The fourth-order valence-electron chi connectivity index (χ4n) is 2.95. The number of likely N-dealkylation sites (tertiary alicyclic amines) is 1. The summed E-state index contributed by atoms with van der Waals surface area (Å²) in [7, 11) is -4.20. The fourth-order valence-corrected chi connectivity index (χ4v) is 4.34. The van der Waals surface area contributed by atoms with Crippen molar-refractivity contribution in [3.05, 3.63) is 17.7 Å². The van der Waals surface area contributed by atoms with Gasteiger partial charge in [-0.25, -0.2) is 24.2 Å². The third kappa shape index (κ3) is 4.72. The number of nitrogens with zero attached hydrogens (tertiary/aromatic N) is 2. The van der Waals surface area contributed by atoms with E-state index < -0.39 is 32.8 Å². The Bertz CT molecular complexity index is 851. The fraction of sp³-hybridized carbons (Fsp3) is 0.500. The van der Waals surface area contributed by atoms with Gasteiger partial charge in [-0.3, -0.25) is 14.7 Å². The summed E-state index contributed by atoms with van der Waals surface area (Å²) in [6.07, 6.45) is 0.437. The van der Waals surface area contributed by atoms with Crippen molar-refractivity contribution < 1.29 is 22.7 Å². The predicted octanol–water partition coefficient (Wildman–Crippen LogP) is 1.47. The van der Waals surface area contributed by atoms with Crippen LogP contribution in [0, 0.1) is 0 Å². The SMILES string of the molecule is CC(C)(C)OC(=O)N1CCCC1N(N)c1ccc(S)c(S(N)(=O)=O)c1C=O. The zero-order valence-corrected chi connectivity index (χ0v) is 17.1. The smallest absolute Gasteiger partial charge is 0.411 e. The van der Waals surface area contributed by atoms with Crippen LogP contribution in [0.5, 0.6) is 0 Å². The quantitative estimate of drug-likeness (QED) is 0.293. The monoisotopic (exact) mass is 416 g/mol. The number of benzene rings is 1. The summed E-state index contributed by atoms with van der Waals surface area (Å²) in [5, 5.41) is 6.42. The molecule has 0 aliphatic carbocycles. The van der Waals surface area contributed by atoms with Crippen LogP contribution in [0.15, 0.2) is 21.9 Å². The molecule has 0 bridgehead atoms. The molecule has 2 rings (SSSR count). The number of carbonyl (C=O) groups is 2. The third-order valence-corrected chi connectivity index (χ3v) is 5.54. The van der Waals surface area contributed by atoms with Crippen LogP contribution in [0.2, 0.25) is 0 Å². The van der Waals surface area contributed by atoms with Gasteiger partial charge in [0.1, 0.15) is 16.7 Å². The van der Waals surface area contributed by atoms with Gasteiger partial charge in [0.25, 0.3) is 0 Å². The summed E-state index contributed by atoms with van der Waals surface area (Å²) in [5.74, 6) is 6.20. The molecule has 1 aromatic rings. The molecule has 1 aliphatic rings. The maximum absolute atomic E-state index is 12.5. The first-order chi connectivity index (χ1) is 12.4. The molecule has 1 amide bonds. The Labute approximate surface area is 164 Å². The molecular weight excluding hydrogens is 392 g/mol. The summed E-state index contributed by atoms with van der Waals surface area (Å²) in [5.41, 5.74) is -0.748. The molecule has 9 nitrogen and oxygen atoms in total. The summed E-state index contributed by atoms with van der Waals surface area (Å²) >= 11 is 4.08. The number of nitrogens with two attached hydrogens (primary N) is 2. The van der Waals surface area contributed by atoms with Crippen molar-refractivity contribution in [3.63, 3.8) is 0 Å². The van der Waals surface area contributed by atoms with Gasteiger partial charge in [-0.15, -0.1) is 12.6 Å². The van der Waals surface area contributed by atoms with Crippen molar-refractivity contribution in [3.8, 4) is 0 Å². The molecule has 1 fully saturated rings. The van der Waals surface area contributed by atoms with Crippen LogP contribution in [0.25, 0.3) is 0 Å². The van der Waals surface area contributed by atoms with Crippen LogP contribution in [0.1, 0.15) is 44.0 Å². The first kappa shape index (κ1) is 21.5. The van der Waals surface area contributed by atoms with E-state index in [-0.39, 0.29) is 16.1 Å². The zero-order chi connectivity index (χ0) is 20.6. The lowest BCUT2D eigenvalue weighted by atomic mass is 10.1. The molecule has 150 valence electrons. The van der Waals surface area contributed by atoms with Gasteiger partial charge in [-0.1, -0.05) is 0 Å². The molecule has 1 aromatic carbocycles. The minimum atomic E-state index is -4.20. The minimum Gasteiger partial charge on any atom is -0.444 e. The molecule has 11 heteroatoms. The van der Waals surface area contributed by atoms with Crippen LogP contribution in [0.4, 0.5) is 10.5 Å². The van der Waals surface area contributed by atoms with Crippen molar-refractivity contribution >= 4 is 40.7 Å². The summed E-state index contributed by atoms with van der Waals surface area (Å²) in [6.45, 7) is 5.69. The van der Waals surface area contributed by atoms with Crippen LogP contribution < -0.4 is 16.0 Å². The number of ether oxygens (including phenoxy) is 1. The number of hydrazine groups is 1. The number of primary sulfonamides is 1. The lowest BCUT2D eigenvalue weighted by Crippen LogP contribution is -2.52. The van der Waals surface area contributed by atoms with E-state index in [2.05, 4.69) is 12.6 Å².